The van der Waals surface area contributed by atoms with E-state index in [-0.39, 0.29) is 11.5 Å². The third kappa shape index (κ3) is 5.59. The molecule has 2 rings (SSSR count). The van der Waals surface area contributed by atoms with Crippen molar-refractivity contribution < 1.29 is 24.6 Å². The lowest BCUT2D eigenvalue weighted by Gasteiger charge is -1.91. The normalized spacial score (nSPS) is 8.20. The first-order valence-electron chi connectivity index (χ1n) is 5.44. The maximum atomic E-state index is 10.1. The van der Waals surface area contributed by atoms with Gasteiger partial charge in [-0.05, 0) is 24.3 Å². The lowest BCUT2D eigenvalue weighted by Crippen LogP contribution is -1.77. The summed E-state index contributed by atoms with van der Waals surface area (Å²) in [5, 5.41) is 17.8. The van der Waals surface area contributed by atoms with E-state index in [4.69, 9.17) is 15.0 Å². The van der Waals surface area contributed by atoms with E-state index in [0.29, 0.717) is 23.7 Å². The zero-order chi connectivity index (χ0) is 15.4. The smallest absolute Gasteiger partial charge is 0.153 e. The number of carbonyl (C=O) groups is 3. The Morgan fingerprint density at radius 2 is 1.00 bits per heavy atom. The summed E-state index contributed by atoms with van der Waals surface area (Å²) in [5.74, 6) is 0.0694. The molecule has 0 heterocycles. The van der Waals surface area contributed by atoms with Crippen LogP contribution >= 0.6 is 0 Å². The van der Waals surface area contributed by atoms with Crippen molar-refractivity contribution in [2.45, 2.75) is 0 Å². The SMILES string of the molecule is C=O.O=Cc1ccccc1O.O=Cc1ccccc1O. The minimum atomic E-state index is 0.0347. The summed E-state index contributed by atoms with van der Waals surface area (Å²) >= 11 is 0. The van der Waals surface area contributed by atoms with Crippen LogP contribution in [0.15, 0.2) is 48.5 Å². The van der Waals surface area contributed by atoms with Crippen molar-refractivity contribution in [3.63, 3.8) is 0 Å². The van der Waals surface area contributed by atoms with Crippen LogP contribution in [0, 0.1) is 0 Å². The van der Waals surface area contributed by atoms with E-state index in [1.807, 2.05) is 6.79 Å². The summed E-state index contributed by atoms with van der Waals surface area (Å²) in [4.78, 5) is 28.1. The topological polar surface area (TPSA) is 91.7 Å². The molecule has 0 unspecified atom stereocenters. The minimum absolute atomic E-state index is 0.0347. The molecule has 2 aromatic rings. The number of phenols is 2. The van der Waals surface area contributed by atoms with Gasteiger partial charge in [0, 0.05) is 0 Å². The molecule has 0 bridgehead atoms. The van der Waals surface area contributed by atoms with Crippen LogP contribution < -0.4 is 0 Å². The molecular weight excluding hydrogens is 260 g/mol. The second-order valence-corrected chi connectivity index (χ2v) is 3.35. The second-order valence-electron chi connectivity index (χ2n) is 3.35. The number of aromatic hydroxyl groups is 2. The van der Waals surface area contributed by atoms with E-state index < -0.39 is 0 Å². The molecule has 0 radical (unpaired) electrons. The number of para-hydroxylation sites is 2. The Bertz CT molecular complexity index is 502. The van der Waals surface area contributed by atoms with Crippen LogP contribution in [0.2, 0.25) is 0 Å². The lowest BCUT2D eigenvalue weighted by atomic mass is 10.2. The predicted octanol–water partition coefficient (Wildman–Crippen LogP) is 2.22. The van der Waals surface area contributed by atoms with Crippen molar-refractivity contribution in [3.8, 4) is 11.5 Å². The third-order valence-electron chi connectivity index (χ3n) is 2.13. The Kier molecular flexibility index (Phi) is 8.54. The van der Waals surface area contributed by atoms with E-state index in [0.717, 1.165) is 0 Å². The van der Waals surface area contributed by atoms with E-state index in [1.165, 1.54) is 12.1 Å². The highest BCUT2D eigenvalue weighted by Gasteiger charge is 1.93. The molecule has 0 saturated carbocycles. The molecule has 20 heavy (non-hydrogen) atoms. The molecule has 0 saturated heterocycles. The van der Waals surface area contributed by atoms with E-state index in [1.54, 1.807) is 36.4 Å². The number of benzene rings is 2. The maximum absolute atomic E-state index is 10.1. The first kappa shape index (κ1) is 17.1. The van der Waals surface area contributed by atoms with E-state index in [9.17, 15) is 9.59 Å². The van der Waals surface area contributed by atoms with Gasteiger partial charge in [-0.3, -0.25) is 9.59 Å². The van der Waals surface area contributed by atoms with Gasteiger partial charge in [-0.25, -0.2) is 0 Å². The Morgan fingerprint density at radius 3 is 1.20 bits per heavy atom. The molecule has 0 aliphatic carbocycles. The molecule has 0 amide bonds. The van der Waals surface area contributed by atoms with Crippen LogP contribution in [-0.2, 0) is 4.79 Å². The van der Waals surface area contributed by atoms with Crippen LogP contribution in [0.25, 0.3) is 0 Å². The lowest BCUT2D eigenvalue weighted by molar-refractivity contribution is -0.0980. The summed E-state index contributed by atoms with van der Waals surface area (Å²) in [6.45, 7) is 2.00. The molecule has 0 aliphatic rings. The van der Waals surface area contributed by atoms with Gasteiger partial charge in [-0.2, -0.15) is 0 Å². The Hall–Kier alpha value is -2.95. The quantitative estimate of drug-likeness (QED) is 0.819. The third-order valence-corrected chi connectivity index (χ3v) is 2.13. The highest BCUT2D eigenvalue weighted by atomic mass is 16.3. The molecule has 2 N–H and O–H groups in total. The number of rotatable bonds is 2. The van der Waals surface area contributed by atoms with Gasteiger partial charge in [-0.1, -0.05) is 24.3 Å². The van der Waals surface area contributed by atoms with Crippen molar-refractivity contribution >= 4 is 19.4 Å². The van der Waals surface area contributed by atoms with Gasteiger partial charge < -0.3 is 15.0 Å². The number of hydrogen-bond donors (Lipinski definition) is 2. The number of carbonyl (C=O) groups excluding carboxylic acids is 3. The van der Waals surface area contributed by atoms with Crippen molar-refractivity contribution in [2.75, 3.05) is 0 Å². The van der Waals surface area contributed by atoms with Gasteiger partial charge in [0.1, 0.15) is 18.3 Å². The molecule has 5 nitrogen and oxygen atoms in total. The predicted molar refractivity (Wildman–Crippen MR) is 74.1 cm³/mol. The molecule has 0 aliphatic heterocycles. The highest BCUT2D eigenvalue weighted by Crippen LogP contribution is 2.12. The molecule has 0 aromatic heterocycles. The molecule has 2 aromatic carbocycles. The number of aldehydes is 2. The van der Waals surface area contributed by atoms with Gasteiger partial charge in [-0.15, -0.1) is 0 Å². The monoisotopic (exact) mass is 274 g/mol. The fourth-order valence-electron chi connectivity index (χ4n) is 1.17. The largest absolute Gasteiger partial charge is 0.507 e. The number of phenolic OH excluding ortho intramolecular Hbond substituents is 2. The van der Waals surface area contributed by atoms with Crippen LogP contribution in [0.3, 0.4) is 0 Å². The average molecular weight is 274 g/mol. The van der Waals surface area contributed by atoms with Crippen molar-refractivity contribution in [2.24, 2.45) is 0 Å². The zero-order valence-corrected chi connectivity index (χ0v) is 10.6. The maximum Gasteiger partial charge on any atom is 0.153 e. The number of hydrogen-bond acceptors (Lipinski definition) is 5. The van der Waals surface area contributed by atoms with Crippen LogP contribution in [0.5, 0.6) is 11.5 Å². The Morgan fingerprint density at radius 1 is 0.700 bits per heavy atom. The van der Waals surface area contributed by atoms with Crippen LogP contribution in [-0.4, -0.2) is 29.6 Å². The fourth-order valence-corrected chi connectivity index (χ4v) is 1.17. The molecular formula is C15H14O5. The Balaban J connectivity index is 0.000000321. The summed E-state index contributed by atoms with van der Waals surface area (Å²) < 4.78 is 0. The van der Waals surface area contributed by atoms with Crippen molar-refractivity contribution in [1.29, 1.82) is 0 Å². The van der Waals surface area contributed by atoms with Gasteiger partial charge in [0.05, 0.1) is 11.1 Å². The van der Waals surface area contributed by atoms with Gasteiger partial charge in [0.2, 0.25) is 0 Å². The molecule has 5 heteroatoms. The first-order valence-corrected chi connectivity index (χ1v) is 5.44. The van der Waals surface area contributed by atoms with Crippen molar-refractivity contribution in [1.82, 2.24) is 0 Å². The van der Waals surface area contributed by atoms with Gasteiger partial charge >= 0.3 is 0 Å². The van der Waals surface area contributed by atoms with E-state index >= 15 is 0 Å². The standard InChI is InChI=1S/2C7H6O2.CH2O/c2*8-5-6-3-1-2-4-7(6)9;1-2/h2*1-5,9H;1H2. The van der Waals surface area contributed by atoms with E-state index in [2.05, 4.69) is 0 Å². The van der Waals surface area contributed by atoms with Gasteiger partial charge in [0.25, 0.3) is 0 Å². The van der Waals surface area contributed by atoms with Crippen molar-refractivity contribution in [3.05, 3.63) is 59.7 Å². The second kappa shape index (κ2) is 10.0. The zero-order valence-electron chi connectivity index (χ0n) is 10.6. The minimum Gasteiger partial charge on any atom is -0.507 e. The highest BCUT2D eigenvalue weighted by molar-refractivity contribution is 5.79. The summed E-state index contributed by atoms with van der Waals surface area (Å²) in [6.07, 6.45) is 1.24. The first-order chi connectivity index (χ1) is 9.69. The van der Waals surface area contributed by atoms with Crippen LogP contribution in [0.1, 0.15) is 20.7 Å². The fraction of sp³-hybridized carbons (Fsp3) is 0. The molecule has 0 spiro atoms. The summed E-state index contributed by atoms with van der Waals surface area (Å²) in [7, 11) is 0. The molecule has 104 valence electrons. The van der Waals surface area contributed by atoms with Gasteiger partial charge in [0.15, 0.2) is 12.6 Å². The molecule has 0 atom stereocenters. The summed E-state index contributed by atoms with van der Waals surface area (Å²) in [5.41, 5.74) is 0.662. The van der Waals surface area contributed by atoms with Crippen LogP contribution in [0.4, 0.5) is 0 Å². The average Bonchev–Trinajstić information content (AvgIpc) is 2.51. The molecule has 0 fully saturated rings. The summed E-state index contributed by atoms with van der Waals surface area (Å²) in [6, 6.07) is 12.8. The Labute approximate surface area is 116 Å².